The Morgan fingerprint density at radius 1 is 1.14 bits per heavy atom. The van der Waals surface area contributed by atoms with Crippen molar-refractivity contribution < 1.29 is 0 Å². The van der Waals surface area contributed by atoms with Crippen molar-refractivity contribution in [2.75, 3.05) is 6.54 Å². The van der Waals surface area contributed by atoms with Crippen LogP contribution in [-0.4, -0.2) is 6.54 Å². The SMILES string of the molecule is C=CCCCCCC(NCC)c1ccccc1C(C)(C)C. The molecule has 0 saturated heterocycles. The van der Waals surface area contributed by atoms with E-state index in [0.717, 1.165) is 13.0 Å². The summed E-state index contributed by atoms with van der Waals surface area (Å²) < 4.78 is 0. The first-order valence-corrected chi connectivity index (χ1v) is 8.44. The van der Waals surface area contributed by atoms with E-state index in [0.29, 0.717) is 6.04 Å². The van der Waals surface area contributed by atoms with Gasteiger partial charge < -0.3 is 5.32 Å². The van der Waals surface area contributed by atoms with E-state index in [1.807, 2.05) is 6.08 Å². The van der Waals surface area contributed by atoms with Crippen molar-refractivity contribution in [3.05, 3.63) is 48.0 Å². The highest BCUT2D eigenvalue weighted by Gasteiger charge is 2.21. The Morgan fingerprint density at radius 2 is 1.86 bits per heavy atom. The van der Waals surface area contributed by atoms with Crippen molar-refractivity contribution in [1.29, 1.82) is 0 Å². The maximum atomic E-state index is 3.80. The predicted molar refractivity (Wildman–Crippen MR) is 94.8 cm³/mol. The van der Waals surface area contributed by atoms with Gasteiger partial charge in [0, 0.05) is 6.04 Å². The highest BCUT2D eigenvalue weighted by Crippen LogP contribution is 2.31. The lowest BCUT2D eigenvalue weighted by Crippen LogP contribution is -2.25. The van der Waals surface area contributed by atoms with E-state index in [1.54, 1.807) is 0 Å². The number of benzene rings is 1. The van der Waals surface area contributed by atoms with Crippen molar-refractivity contribution in [3.8, 4) is 0 Å². The Hall–Kier alpha value is -1.08. The van der Waals surface area contributed by atoms with E-state index in [1.165, 1.54) is 36.8 Å². The van der Waals surface area contributed by atoms with Crippen LogP contribution in [0.1, 0.15) is 77.0 Å². The van der Waals surface area contributed by atoms with Gasteiger partial charge in [0.1, 0.15) is 0 Å². The maximum Gasteiger partial charge on any atom is 0.0323 e. The molecule has 1 N–H and O–H groups in total. The molecular weight excluding hydrogens is 254 g/mol. The molecule has 21 heavy (non-hydrogen) atoms. The minimum atomic E-state index is 0.201. The third-order valence-corrected chi connectivity index (χ3v) is 4.00. The Labute approximate surface area is 131 Å². The molecule has 0 radical (unpaired) electrons. The second kappa shape index (κ2) is 9.04. The zero-order chi connectivity index (χ0) is 15.7. The summed E-state index contributed by atoms with van der Waals surface area (Å²) in [4.78, 5) is 0. The standard InChI is InChI=1S/C20H33N/c1-6-8-9-10-11-16-19(21-7-2)17-14-12-13-15-18(17)20(3,4)5/h6,12-15,19,21H,1,7-11,16H2,2-5H3. The van der Waals surface area contributed by atoms with Crippen molar-refractivity contribution >= 4 is 0 Å². The predicted octanol–water partition coefficient (Wildman–Crippen LogP) is 5.77. The number of allylic oxidation sites excluding steroid dienone is 1. The van der Waals surface area contributed by atoms with Gasteiger partial charge >= 0.3 is 0 Å². The molecular formula is C20H33N. The lowest BCUT2D eigenvalue weighted by molar-refractivity contribution is 0.469. The summed E-state index contributed by atoms with van der Waals surface area (Å²) in [6.07, 6.45) is 8.23. The van der Waals surface area contributed by atoms with Gasteiger partial charge in [0.25, 0.3) is 0 Å². The molecule has 0 fully saturated rings. The van der Waals surface area contributed by atoms with E-state index >= 15 is 0 Å². The molecule has 1 unspecified atom stereocenters. The van der Waals surface area contributed by atoms with Gasteiger partial charge in [0.15, 0.2) is 0 Å². The van der Waals surface area contributed by atoms with Crippen LogP contribution in [0.15, 0.2) is 36.9 Å². The van der Waals surface area contributed by atoms with Crippen molar-refractivity contribution in [1.82, 2.24) is 5.32 Å². The Morgan fingerprint density at radius 3 is 2.48 bits per heavy atom. The number of rotatable bonds is 9. The minimum absolute atomic E-state index is 0.201. The van der Waals surface area contributed by atoms with Crippen LogP contribution in [-0.2, 0) is 5.41 Å². The van der Waals surface area contributed by atoms with Crippen molar-refractivity contribution in [2.24, 2.45) is 0 Å². The van der Waals surface area contributed by atoms with Crippen LogP contribution in [0.4, 0.5) is 0 Å². The second-order valence-corrected chi connectivity index (χ2v) is 6.87. The van der Waals surface area contributed by atoms with Crippen LogP contribution in [0, 0.1) is 0 Å². The van der Waals surface area contributed by atoms with E-state index < -0.39 is 0 Å². The average molecular weight is 287 g/mol. The van der Waals surface area contributed by atoms with Gasteiger partial charge in [-0.05, 0) is 42.3 Å². The van der Waals surface area contributed by atoms with Crippen LogP contribution >= 0.6 is 0 Å². The van der Waals surface area contributed by atoms with Crippen LogP contribution in [0.25, 0.3) is 0 Å². The summed E-state index contributed by atoms with van der Waals surface area (Å²) in [5.41, 5.74) is 3.16. The summed E-state index contributed by atoms with van der Waals surface area (Å²) in [7, 11) is 0. The number of hydrogen-bond acceptors (Lipinski definition) is 1. The van der Waals surface area contributed by atoms with Crippen LogP contribution < -0.4 is 5.32 Å². The highest BCUT2D eigenvalue weighted by atomic mass is 14.9. The molecule has 0 aromatic heterocycles. The zero-order valence-corrected chi connectivity index (χ0v) is 14.4. The quantitative estimate of drug-likeness (QED) is 0.449. The molecule has 1 heteroatoms. The lowest BCUT2D eigenvalue weighted by atomic mass is 9.81. The van der Waals surface area contributed by atoms with Crippen LogP contribution in [0.2, 0.25) is 0 Å². The summed E-state index contributed by atoms with van der Waals surface area (Å²) in [5.74, 6) is 0. The summed E-state index contributed by atoms with van der Waals surface area (Å²) >= 11 is 0. The normalized spacial score (nSPS) is 13.1. The summed E-state index contributed by atoms with van der Waals surface area (Å²) in [6.45, 7) is 13.9. The monoisotopic (exact) mass is 287 g/mol. The van der Waals surface area contributed by atoms with Crippen LogP contribution in [0.5, 0.6) is 0 Å². The molecule has 0 saturated carbocycles. The molecule has 0 aliphatic carbocycles. The van der Waals surface area contributed by atoms with Gasteiger partial charge in [-0.1, -0.05) is 70.9 Å². The molecule has 1 rings (SSSR count). The summed E-state index contributed by atoms with van der Waals surface area (Å²) in [5, 5.41) is 3.68. The topological polar surface area (TPSA) is 12.0 Å². The van der Waals surface area contributed by atoms with Gasteiger partial charge in [-0.3, -0.25) is 0 Å². The fraction of sp³-hybridized carbons (Fsp3) is 0.600. The maximum absolute atomic E-state index is 3.80. The molecule has 1 aromatic carbocycles. The van der Waals surface area contributed by atoms with Gasteiger partial charge in [-0.2, -0.15) is 0 Å². The van der Waals surface area contributed by atoms with E-state index in [9.17, 15) is 0 Å². The summed E-state index contributed by atoms with van der Waals surface area (Å²) in [6, 6.07) is 9.41. The second-order valence-electron chi connectivity index (χ2n) is 6.87. The molecule has 1 atom stereocenters. The number of unbranched alkanes of at least 4 members (excludes halogenated alkanes) is 3. The molecule has 0 aliphatic rings. The molecule has 0 bridgehead atoms. The molecule has 0 heterocycles. The molecule has 1 nitrogen and oxygen atoms in total. The van der Waals surface area contributed by atoms with Gasteiger partial charge in [-0.25, -0.2) is 0 Å². The first kappa shape index (κ1) is 18.0. The largest absolute Gasteiger partial charge is 0.310 e. The average Bonchev–Trinajstić information content (AvgIpc) is 2.45. The molecule has 1 aromatic rings. The third-order valence-electron chi connectivity index (χ3n) is 4.00. The fourth-order valence-corrected chi connectivity index (χ4v) is 2.91. The fourth-order valence-electron chi connectivity index (χ4n) is 2.91. The molecule has 118 valence electrons. The Kier molecular flexibility index (Phi) is 7.74. The van der Waals surface area contributed by atoms with Crippen molar-refractivity contribution in [3.63, 3.8) is 0 Å². The number of nitrogens with one attached hydrogen (secondary N) is 1. The molecule has 0 amide bonds. The van der Waals surface area contributed by atoms with Crippen LogP contribution in [0.3, 0.4) is 0 Å². The Balaban J connectivity index is 2.78. The molecule has 0 spiro atoms. The highest BCUT2D eigenvalue weighted by molar-refractivity contribution is 5.35. The Bertz CT molecular complexity index is 414. The van der Waals surface area contributed by atoms with E-state index in [4.69, 9.17) is 0 Å². The first-order valence-electron chi connectivity index (χ1n) is 8.44. The minimum Gasteiger partial charge on any atom is -0.310 e. The zero-order valence-electron chi connectivity index (χ0n) is 14.4. The van der Waals surface area contributed by atoms with Gasteiger partial charge in [0.05, 0.1) is 0 Å². The first-order chi connectivity index (χ1) is 10.0. The number of hydrogen-bond donors (Lipinski definition) is 1. The third kappa shape index (κ3) is 6.05. The van der Waals surface area contributed by atoms with Crippen molar-refractivity contribution in [2.45, 2.75) is 71.3 Å². The smallest absolute Gasteiger partial charge is 0.0323 e. The van der Waals surface area contributed by atoms with Gasteiger partial charge in [0.2, 0.25) is 0 Å². The lowest BCUT2D eigenvalue weighted by Gasteiger charge is -2.28. The van der Waals surface area contributed by atoms with E-state index in [-0.39, 0.29) is 5.41 Å². The van der Waals surface area contributed by atoms with E-state index in [2.05, 4.69) is 63.9 Å². The van der Waals surface area contributed by atoms with Gasteiger partial charge in [-0.15, -0.1) is 6.58 Å². The molecule has 0 aliphatic heterocycles.